The van der Waals surface area contributed by atoms with Gasteiger partial charge in [0.05, 0.1) is 18.3 Å². The standard InChI is InChI=1S/C13H25N3O2/c1-11-10-16(8-9-18-11)12(14)15-7-6-13(17-2)4-3-5-13/h11H,3-10H2,1-2H3,(H2,14,15). The number of nitrogens with zero attached hydrogens (tertiary/aromatic N) is 2. The first-order valence-electron chi connectivity index (χ1n) is 6.87. The van der Waals surface area contributed by atoms with Gasteiger partial charge in [-0.3, -0.25) is 4.99 Å². The van der Waals surface area contributed by atoms with Crippen molar-refractivity contribution in [2.45, 2.75) is 44.3 Å². The SMILES string of the molecule is COC1(CCN=C(N)N2CCOC(C)C2)CCC1. The molecule has 0 bridgehead atoms. The van der Waals surface area contributed by atoms with Gasteiger partial charge in [0.15, 0.2) is 5.96 Å². The minimum atomic E-state index is 0.0854. The van der Waals surface area contributed by atoms with Crippen molar-refractivity contribution in [3.63, 3.8) is 0 Å². The number of guanidine groups is 1. The van der Waals surface area contributed by atoms with Crippen molar-refractivity contribution < 1.29 is 9.47 Å². The van der Waals surface area contributed by atoms with Crippen molar-refractivity contribution in [2.75, 3.05) is 33.4 Å². The van der Waals surface area contributed by atoms with Gasteiger partial charge in [-0.1, -0.05) is 0 Å². The van der Waals surface area contributed by atoms with Gasteiger partial charge >= 0.3 is 0 Å². The van der Waals surface area contributed by atoms with Crippen LogP contribution in [-0.4, -0.2) is 55.9 Å². The van der Waals surface area contributed by atoms with E-state index in [1.54, 1.807) is 7.11 Å². The zero-order valence-corrected chi connectivity index (χ0v) is 11.5. The summed E-state index contributed by atoms with van der Waals surface area (Å²) in [5.74, 6) is 0.649. The highest BCUT2D eigenvalue weighted by atomic mass is 16.5. The average molecular weight is 255 g/mol. The van der Waals surface area contributed by atoms with Gasteiger partial charge in [-0.05, 0) is 32.6 Å². The zero-order chi connectivity index (χ0) is 13.0. The van der Waals surface area contributed by atoms with E-state index in [9.17, 15) is 0 Å². The van der Waals surface area contributed by atoms with Gasteiger partial charge in [-0.25, -0.2) is 0 Å². The summed E-state index contributed by atoms with van der Waals surface area (Å²) in [6.45, 7) is 5.23. The van der Waals surface area contributed by atoms with E-state index in [0.29, 0.717) is 5.96 Å². The Balaban J connectivity index is 1.77. The predicted octanol–water partition coefficient (Wildman–Crippen LogP) is 0.981. The highest BCUT2D eigenvalue weighted by Crippen LogP contribution is 2.37. The van der Waals surface area contributed by atoms with Crippen LogP contribution in [-0.2, 0) is 9.47 Å². The molecule has 2 aliphatic rings. The van der Waals surface area contributed by atoms with Gasteiger partial charge in [0.25, 0.3) is 0 Å². The van der Waals surface area contributed by atoms with Crippen LogP contribution >= 0.6 is 0 Å². The predicted molar refractivity (Wildman–Crippen MR) is 71.7 cm³/mol. The van der Waals surface area contributed by atoms with Crippen LogP contribution in [0.25, 0.3) is 0 Å². The molecule has 1 aliphatic heterocycles. The zero-order valence-electron chi connectivity index (χ0n) is 11.5. The summed E-state index contributed by atoms with van der Waals surface area (Å²) in [6.07, 6.45) is 4.81. The Labute approximate surface area is 109 Å². The van der Waals surface area contributed by atoms with Gasteiger partial charge in [0.1, 0.15) is 0 Å². The molecule has 0 aromatic heterocycles. The van der Waals surface area contributed by atoms with Crippen molar-refractivity contribution in [3.05, 3.63) is 0 Å². The molecule has 1 saturated carbocycles. The first-order chi connectivity index (χ1) is 8.65. The second-order valence-corrected chi connectivity index (χ2v) is 5.36. The minimum absolute atomic E-state index is 0.0854. The molecule has 5 nitrogen and oxygen atoms in total. The molecule has 104 valence electrons. The molecule has 1 aliphatic carbocycles. The second kappa shape index (κ2) is 5.89. The maximum absolute atomic E-state index is 6.02. The number of nitrogens with two attached hydrogens (primary N) is 1. The van der Waals surface area contributed by atoms with E-state index in [0.717, 1.165) is 45.5 Å². The lowest BCUT2D eigenvalue weighted by Crippen LogP contribution is -2.48. The van der Waals surface area contributed by atoms with Gasteiger partial charge in [-0.15, -0.1) is 0 Å². The topological polar surface area (TPSA) is 60.1 Å². The summed E-state index contributed by atoms with van der Waals surface area (Å²) in [4.78, 5) is 6.59. The summed E-state index contributed by atoms with van der Waals surface area (Å²) in [6, 6.07) is 0. The Morgan fingerprint density at radius 1 is 1.56 bits per heavy atom. The summed E-state index contributed by atoms with van der Waals surface area (Å²) in [5.41, 5.74) is 6.11. The largest absolute Gasteiger partial charge is 0.378 e. The van der Waals surface area contributed by atoms with Crippen LogP contribution in [0.4, 0.5) is 0 Å². The molecule has 1 atom stereocenters. The van der Waals surface area contributed by atoms with E-state index < -0.39 is 0 Å². The van der Waals surface area contributed by atoms with Crippen LogP contribution in [0.5, 0.6) is 0 Å². The maximum Gasteiger partial charge on any atom is 0.191 e. The molecule has 0 spiro atoms. The van der Waals surface area contributed by atoms with Gasteiger partial charge in [-0.2, -0.15) is 0 Å². The molecule has 1 unspecified atom stereocenters. The quantitative estimate of drug-likeness (QED) is 0.601. The fourth-order valence-corrected chi connectivity index (χ4v) is 2.63. The molecule has 5 heteroatoms. The highest BCUT2D eigenvalue weighted by molar-refractivity contribution is 5.78. The number of rotatable bonds is 4. The molecule has 2 fully saturated rings. The van der Waals surface area contributed by atoms with Crippen molar-refractivity contribution in [3.8, 4) is 0 Å². The molecule has 2 N–H and O–H groups in total. The monoisotopic (exact) mass is 255 g/mol. The summed E-state index contributed by atoms with van der Waals surface area (Å²) in [7, 11) is 1.80. The van der Waals surface area contributed by atoms with Crippen LogP contribution in [0.1, 0.15) is 32.6 Å². The lowest BCUT2D eigenvalue weighted by atomic mass is 9.77. The van der Waals surface area contributed by atoms with Crippen LogP contribution in [0.3, 0.4) is 0 Å². The number of ether oxygens (including phenoxy) is 2. The molecule has 0 aromatic rings. The fraction of sp³-hybridized carbons (Fsp3) is 0.923. The Kier molecular flexibility index (Phi) is 4.45. The van der Waals surface area contributed by atoms with Crippen LogP contribution < -0.4 is 5.73 Å². The molecule has 0 amide bonds. The van der Waals surface area contributed by atoms with Gasteiger partial charge < -0.3 is 20.1 Å². The number of morpholine rings is 1. The number of aliphatic imine (C=N–C) groups is 1. The minimum Gasteiger partial charge on any atom is -0.378 e. The molecule has 1 saturated heterocycles. The highest BCUT2D eigenvalue weighted by Gasteiger charge is 2.36. The smallest absolute Gasteiger partial charge is 0.191 e. The summed E-state index contributed by atoms with van der Waals surface area (Å²) >= 11 is 0. The number of hydrogen-bond donors (Lipinski definition) is 1. The third kappa shape index (κ3) is 3.14. The normalized spacial score (nSPS) is 28.0. The lowest BCUT2D eigenvalue weighted by molar-refractivity contribution is -0.0754. The van der Waals surface area contributed by atoms with E-state index in [2.05, 4.69) is 16.8 Å². The van der Waals surface area contributed by atoms with Crippen LogP contribution in [0, 0.1) is 0 Å². The Hall–Kier alpha value is -0.810. The summed E-state index contributed by atoms with van der Waals surface area (Å²) in [5, 5.41) is 0. The molecular weight excluding hydrogens is 230 g/mol. The van der Waals surface area contributed by atoms with E-state index >= 15 is 0 Å². The molecule has 0 radical (unpaired) electrons. The van der Waals surface area contributed by atoms with Crippen molar-refractivity contribution >= 4 is 5.96 Å². The van der Waals surface area contributed by atoms with E-state index in [-0.39, 0.29) is 11.7 Å². The summed E-state index contributed by atoms with van der Waals surface area (Å²) < 4.78 is 11.1. The number of hydrogen-bond acceptors (Lipinski definition) is 3. The lowest BCUT2D eigenvalue weighted by Gasteiger charge is -2.40. The second-order valence-electron chi connectivity index (χ2n) is 5.36. The van der Waals surface area contributed by atoms with E-state index in [4.69, 9.17) is 15.2 Å². The maximum atomic E-state index is 6.02. The first kappa shape index (κ1) is 13.6. The molecule has 2 rings (SSSR count). The molecular formula is C13H25N3O2. The van der Waals surface area contributed by atoms with Crippen LogP contribution in [0.2, 0.25) is 0 Å². The van der Waals surface area contributed by atoms with Crippen molar-refractivity contribution in [1.82, 2.24) is 4.90 Å². The first-order valence-corrected chi connectivity index (χ1v) is 6.87. The van der Waals surface area contributed by atoms with Gasteiger partial charge in [0.2, 0.25) is 0 Å². The van der Waals surface area contributed by atoms with Crippen LogP contribution in [0.15, 0.2) is 4.99 Å². The molecule has 18 heavy (non-hydrogen) atoms. The molecule has 0 aromatic carbocycles. The Morgan fingerprint density at radius 2 is 2.33 bits per heavy atom. The van der Waals surface area contributed by atoms with Crippen molar-refractivity contribution in [1.29, 1.82) is 0 Å². The van der Waals surface area contributed by atoms with E-state index in [1.165, 1.54) is 6.42 Å². The van der Waals surface area contributed by atoms with Crippen molar-refractivity contribution in [2.24, 2.45) is 10.7 Å². The molecule has 1 heterocycles. The van der Waals surface area contributed by atoms with Gasteiger partial charge in [0, 0.05) is 26.7 Å². The number of methoxy groups -OCH3 is 1. The average Bonchev–Trinajstić information content (AvgIpc) is 2.32. The third-order valence-electron chi connectivity index (χ3n) is 4.10. The fourth-order valence-electron chi connectivity index (χ4n) is 2.63. The Bertz CT molecular complexity index is 297. The van der Waals surface area contributed by atoms with E-state index in [1.807, 2.05) is 0 Å². The Morgan fingerprint density at radius 3 is 2.89 bits per heavy atom. The third-order valence-corrected chi connectivity index (χ3v) is 4.10.